The molecule has 1 aromatic rings. The molecule has 0 saturated heterocycles. The first-order valence-corrected chi connectivity index (χ1v) is 6.15. The zero-order valence-corrected chi connectivity index (χ0v) is 11.2. The van der Waals surface area contributed by atoms with E-state index in [2.05, 4.69) is 11.9 Å². The summed E-state index contributed by atoms with van der Waals surface area (Å²) in [5.41, 5.74) is 0.206. The molecule has 0 atom stereocenters. The van der Waals surface area contributed by atoms with E-state index in [1.54, 1.807) is 12.1 Å². The first kappa shape index (κ1) is 12.7. The normalized spacial score (nSPS) is 27.4. The monoisotopic (exact) mass is 273 g/mol. The number of methoxy groups -OCH3 is 1. The molecule has 0 spiro atoms. The van der Waals surface area contributed by atoms with E-state index in [0.717, 1.165) is 18.4 Å². The second-order valence-electron chi connectivity index (χ2n) is 4.59. The van der Waals surface area contributed by atoms with Gasteiger partial charge < -0.3 is 4.74 Å². The predicted octanol–water partition coefficient (Wildman–Crippen LogP) is 3.23. The fraction of sp³-hybridized carbons (Fsp3) is 0.500. The molecular formula is C12H13Cl2NO2. The van der Waals surface area contributed by atoms with Gasteiger partial charge in [0.1, 0.15) is 10.3 Å². The van der Waals surface area contributed by atoms with Crippen molar-refractivity contribution in [2.45, 2.75) is 25.2 Å². The van der Waals surface area contributed by atoms with Crippen LogP contribution in [0.4, 0.5) is 0 Å². The van der Waals surface area contributed by atoms with Crippen LogP contribution in [0.2, 0.25) is 10.3 Å². The predicted molar refractivity (Wildman–Crippen MR) is 66.3 cm³/mol. The Bertz CT molecular complexity index is 436. The van der Waals surface area contributed by atoms with Crippen molar-refractivity contribution in [2.24, 2.45) is 5.92 Å². The Kier molecular flexibility index (Phi) is 3.32. The number of ether oxygens (including phenoxy) is 1. The summed E-state index contributed by atoms with van der Waals surface area (Å²) in [6.07, 6.45) is 1.52. The Morgan fingerprint density at radius 3 is 2.35 bits per heavy atom. The third-order valence-electron chi connectivity index (χ3n) is 3.29. The highest BCUT2D eigenvalue weighted by Crippen LogP contribution is 2.49. The number of aromatic nitrogens is 1. The van der Waals surface area contributed by atoms with E-state index in [1.165, 1.54) is 7.11 Å². The standard InChI is InChI=1S/C12H13Cl2NO2/c1-7-5-12(6-7,11(16)17-2)8-3-9(13)15-10(14)4-8/h3-4,7H,5-6H2,1-2H3. The lowest BCUT2D eigenvalue weighted by Gasteiger charge is -2.44. The summed E-state index contributed by atoms with van der Waals surface area (Å²) in [5.74, 6) is 0.272. The van der Waals surface area contributed by atoms with Gasteiger partial charge in [-0.2, -0.15) is 0 Å². The average Bonchev–Trinajstić information content (AvgIpc) is 2.22. The first-order valence-electron chi connectivity index (χ1n) is 5.40. The third-order valence-corrected chi connectivity index (χ3v) is 3.67. The van der Waals surface area contributed by atoms with Gasteiger partial charge in [-0.15, -0.1) is 0 Å². The summed E-state index contributed by atoms with van der Waals surface area (Å²) in [7, 11) is 1.40. The molecule has 0 N–H and O–H groups in total. The van der Waals surface area contributed by atoms with E-state index >= 15 is 0 Å². The molecule has 0 bridgehead atoms. The van der Waals surface area contributed by atoms with E-state index in [0.29, 0.717) is 16.2 Å². The molecular weight excluding hydrogens is 261 g/mol. The minimum absolute atomic E-state index is 0.228. The summed E-state index contributed by atoms with van der Waals surface area (Å²) in [6, 6.07) is 3.38. The van der Waals surface area contributed by atoms with Crippen LogP contribution in [0.25, 0.3) is 0 Å². The van der Waals surface area contributed by atoms with E-state index in [1.807, 2.05) is 0 Å². The summed E-state index contributed by atoms with van der Waals surface area (Å²) in [4.78, 5) is 15.8. The van der Waals surface area contributed by atoms with Gasteiger partial charge in [-0.25, -0.2) is 4.98 Å². The zero-order valence-electron chi connectivity index (χ0n) is 9.67. The number of hydrogen-bond donors (Lipinski definition) is 0. The second kappa shape index (κ2) is 4.46. The van der Waals surface area contributed by atoms with Crippen molar-refractivity contribution in [1.29, 1.82) is 0 Å². The van der Waals surface area contributed by atoms with Crippen LogP contribution in [-0.2, 0) is 14.9 Å². The van der Waals surface area contributed by atoms with E-state index in [9.17, 15) is 4.79 Å². The minimum Gasteiger partial charge on any atom is -0.468 e. The number of halogens is 2. The molecule has 92 valence electrons. The number of hydrogen-bond acceptors (Lipinski definition) is 3. The van der Waals surface area contributed by atoms with E-state index in [4.69, 9.17) is 27.9 Å². The van der Waals surface area contributed by atoms with Crippen molar-refractivity contribution in [3.05, 3.63) is 28.0 Å². The molecule has 1 aliphatic rings. The molecule has 3 nitrogen and oxygen atoms in total. The molecule has 1 heterocycles. The Morgan fingerprint density at radius 1 is 1.41 bits per heavy atom. The molecule has 1 aliphatic carbocycles. The van der Waals surface area contributed by atoms with E-state index in [-0.39, 0.29) is 5.97 Å². The Morgan fingerprint density at radius 2 is 1.94 bits per heavy atom. The highest BCUT2D eigenvalue weighted by atomic mass is 35.5. The quantitative estimate of drug-likeness (QED) is 0.614. The van der Waals surface area contributed by atoms with E-state index < -0.39 is 5.41 Å². The van der Waals surface area contributed by atoms with Gasteiger partial charge >= 0.3 is 5.97 Å². The fourth-order valence-corrected chi connectivity index (χ4v) is 3.05. The highest BCUT2D eigenvalue weighted by Gasteiger charge is 2.51. The molecule has 5 heteroatoms. The average molecular weight is 274 g/mol. The lowest BCUT2D eigenvalue weighted by Crippen LogP contribution is -2.47. The lowest BCUT2D eigenvalue weighted by atomic mass is 9.59. The summed E-state index contributed by atoms with van der Waals surface area (Å²) >= 11 is 11.7. The zero-order chi connectivity index (χ0) is 12.6. The van der Waals surface area contributed by atoms with Gasteiger partial charge in [0.15, 0.2) is 0 Å². The third kappa shape index (κ3) is 2.14. The van der Waals surface area contributed by atoms with Crippen molar-refractivity contribution < 1.29 is 9.53 Å². The maximum absolute atomic E-state index is 12.0. The molecule has 0 aromatic carbocycles. The topological polar surface area (TPSA) is 39.2 Å². The molecule has 0 radical (unpaired) electrons. The van der Waals surface area contributed by atoms with Crippen molar-refractivity contribution in [2.75, 3.05) is 7.11 Å². The molecule has 0 unspecified atom stereocenters. The van der Waals surface area contributed by atoms with Crippen LogP contribution in [0.5, 0.6) is 0 Å². The fourth-order valence-electron chi connectivity index (χ4n) is 2.59. The SMILES string of the molecule is COC(=O)C1(c2cc(Cl)nc(Cl)c2)CC(C)C1. The summed E-state index contributed by atoms with van der Waals surface area (Å²) in [6.45, 7) is 2.10. The van der Waals surface area contributed by atoms with Gasteiger partial charge in [-0.05, 0) is 36.5 Å². The molecule has 0 aliphatic heterocycles. The largest absolute Gasteiger partial charge is 0.468 e. The number of carbonyl (C=O) groups excluding carboxylic acids is 1. The lowest BCUT2D eigenvalue weighted by molar-refractivity contribution is -0.153. The number of pyridine rings is 1. The first-order chi connectivity index (χ1) is 7.98. The number of carbonyl (C=O) groups is 1. The highest BCUT2D eigenvalue weighted by molar-refractivity contribution is 6.32. The van der Waals surface area contributed by atoms with Crippen LogP contribution in [0.3, 0.4) is 0 Å². The molecule has 1 fully saturated rings. The molecule has 1 aromatic heterocycles. The van der Waals surface area contributed by atoms with Gasteiger partial charge in [-0.3, -0.25) is 4.79 Å². The van der Waals surface area contributed by atoms with Gasteiger partial charge in [0.2, 0.25) is 0 Å². The Balaban J connectivity index is 2.43. The number of nitrogens with zero attached hydrogens (tertiary/aromatic N) is 1. The van der Waals surface area contributed by atoms with Crippen LogP contribution in [0.15, 0.2) is 12.1 Å². The van der Waals surface area contributed by atoms with Gasteiger partial charge in [0, 0.05) is 0 Å². The van der Waals surface area contributed by atoms with Gasteiger partial charge in [0.25, 0.3) is 0 Å². The number of rotatable bonds is 2. The molecule has 0 amide bonds. The maximum atomic E-state index is 12.0. The van der Waals surface area contributed by atoms with Crippen LogP contribution >= 0.6 is 23.2 Å². The van der Waals surface area contributed by atoms with Gasteiger partial charge in [0.05, 0.1) is 12.5 Å². The second-order valence-corrected chi connectivity index (χ2v) is 5.36. The van der Waals surface area contributed by atoms with Crippen molar-refractivity contribution in [1.82, 2.24) is 4.98 Å². The Labute approximate surface area is 110 Å². The van der Waals surface area contributed by atoms with Crippen LogP contribution in [-0.4, -0.2) is 18.1 Å². The number of esters is 1. The Hall–Kier alpha value is -0.800. The van der Waals surface area contributed by atoms with Crippen molar-refractivity contribution >= 4 is 29.2 Å². The maximum Gasteiger partial charge on any atom is 0.316 e. The smallest absolute Gasteiger partial charge is 0.316 e. The van der Waals surface area contributed by atoms with Crippen molar-refractivity contribution in [3.8, 4) is 0 Å². The molecule has 1 saturated carbocycles. The summed E-state index contributed by atoms with van der Waals surface area (Å²) < 4.78 is 4.89. The minimum atomic E-state index is -0.593. The van der Waals surface area contributed by atoms with Crippen molar-refractivity contribution in [3.63, 3.8) is 0 Å². The molecule has 2 rings (SSSR count). The van der Waals surface area contributed by atoms with Crippen LogP contribution in [0.1, 0.15) is 25.3 Å². The van der Waals surface area contributed by atoms with Gasteiger partial charge in [-0.1, -0.05) is 30.1 Å². The molecule has 17 heavy (non-hydrogen) atoms. The summed E-state index contributed by atoms with van der Waals surface area (Å²) in [5, 5.41) is 0.602. The van der Waals surface area contributed by atoms with Crippen LogP contribution < -0.4 is 0 Å². The van der Waals surface area contributed by atoms with Crippen LogP contribution in [0, 0.1) is 5.92 Å².